The molecule has 0 unspecified atom stereocenters. The Balaban J connectivity index is 1.45. The Hall–Kier alpha value is -2.96. The van der Waals surface area contributed by atoms with E-state index in [2.05, 4.69) is 11.5 Å². The van der Waals surface area contributed by atoms with Gasteiger partial charge in [0.05, 0.1) is 17.1 Å². The van der Waals surface area contributed by atoms with E-state index in [1.807, 2.05) is 47.2 Å². The van der Waals surface area contributed by atoms with Crippen LogP contribution in [0.5, 0.6) is 17.4 Å². The van der Waals surface area contributed by atoms with E-state index in [9.17, 15) is 15.3 Å². The number of aromatic nitrogens is 1. The quantitative estimate of drug-likeness (QED) is 0.538. The van der Waals surface area contributed by atoms with Crippen molar-refractivity contribution in [1.29, 1.82) is 0 Å². The van der Waals surface area contributed by atoms with Gasteiger partial charge in [0.15, 0.2) is 17.4 Å². The van der Waals surface area contributed by atoms with Crippen LogP contribution < -0.4 is 4.74 Å². The number of nitrogens with zero attached hydrogens (tertiary/aromatic N) is 2. The van der Waals surface area contributed by atoms with Gasteiger partial charge in [-0.25, -0.2) is 0 Å². The van der Waals surface area contributed by atoms with Crippen molar-refractivity contribution in [2.45, 2.75) is 54.9 Å². The second-order valence-corrected chi connectivity index (χ2v) is 10.2. The maximum absolute atomic E-state index is 12.5. The number of phenolic OH excluding ortho intramolecular Hbond substituents is 1. The smallest absolute Gasteiger partial charge is 0.199 e. The highest BCUT2D eigenvalue weighted by molar-refractivity contribution is 5.87. The molecule has 1 saturated heterocycles. The Morgan fingerprint density at radius 3 is 2.82 bits per heavy atom. The molecule has 0 amide bonds. The highest BCUT2D eigenvalue weighted by atomic mass is 16.5. The third-order valence-corrected chi connectivity index (χ3v) is 8.99. The van der Waals surface area contributed by atoms with E-state index in [4.69, 9.17) is 4.74 Å². The van der Waals surface area contributed by atoms with Crippen molar-refractivity contribution in [3.63, 3.8) is 0 Å². The number of hydrogen-bond donors (Lipinski definition) is 3. The lowest BCUT2D eigenvalue weighted by Crippen LogP contribution is -2.76. The number of rotatable bonds is 3. The Morgan fingerprint density at radius 1 is 1.15 bits per heavy atom. The first-order valence-corrected chi connectivity index (χ1v) is 11.9. The molecule has 3 aromatic rings. The Kier molecular flexibility index (Phi) is 3.74. The van der Waals surface area contributed by atoms with Crippen molar-refractivity contribution in [1.82, 2.24) is 9.47 Å². The SMILES string of the molecule is C=CCN1CC[C@]23c4c5ccc(O)c4O[C@H]2[C@@H](n2cc4ccccc4c2O)CC[C@@]3(O)[C@H]1C5. The molecule has 3 heterocycles. The summed E-state index contributed by atoms with van der Waals surface area (Å²) in [5, 5.41) is 36.2. The van der Waals surface area contributed by atoms with Crippen LogP contribution in [-0.4, -0.2) is 55.6 Å². The predicted molar refractivity (Wildman–Crippen MR) is 125 cm³/mol. The Labute approximate surface area is 192 Å². The third-order valence-electron chi connectivity index (χ3n) is 8.99. The zero-order valence-electron chi connectivity index (χ0n) is 18.4. The molecule has 2 bridgehead atoms. The Morgan fingerprint density at radius 2 is 2.00 bits per heavy atom. The summed E-state index contributed by atoms with van der Waals surface area (Å²) in [7, 11) is 0. The monoisotopic (exact) mass is 444 g/mol. The van der Waals surface area contributed by atoms with Gasteiger partial charge in [-0.2, -0.15) is 0 Å². The summed E-state index contributed by atoms with van der Waals surface area (Å²) in [4.78, 5) is 2.35. The van der Waals surface area contributed by atoms with E-state index in [1.165, 1.54) is 0 Å². The number of aromatic hydroxyl groups is 2. The first-order valence-electron chi connectivity index (χ1n) is 11.9. The lowest BCUT2D eigenvalue weighted by atomic mass is 9.48. The molecule has 7 rings (SSSR count). The molecule has 2 fully saturated rings. The number of piperidine rings is 1. The summed E-state index contributed by atoms with van der Waals surface area (Å²) in [5.41, 5.74) is 0.550. The van der Waals surface area contributed by atoms with Crippen LogP contribution in [0.2, 0.25) is 0 Å². The van der Waals surface area contributed by atoms with Crippen molar-refractivity contribution < 1.29 is 20.1 Å². The standard InChI is InChI=1S/C27H28N2O4/c1-2-12-28-13-11-26-22-16-7-8-20(30)23(22)33-24(26)19(9-10-27(26,32)21(28)14-16)29-15-17-5-3-4-6-18(17)25(29)31/h2-8,15,19,21,24,30-32H,1,9-14H2/t19-,21+,24-,26-,27+/m0/s1. The molecule has 1 aromatic heterocycles. The van der Waals surface area contributed by atoms with Gasteiger partial charge in [0.2, 0.25) is 0 Å². The fourth-order valence-corrected chi connectivity index (χ4v) is 7.69. The van der Waals surface area contributed by atoms with Crippen molar-refractivity contribution in [3.8, 4) is 17.4 Å². The zero-order valence-corrected chi connectivity index (χ0v) is 18.4. The minimum atomic E-state index is -0.969. The second-order valence-electron chi connectivity index (χ2n) is 10.2. The molecule has 6 heteroatoms. The van der Waals surface area contributed by atoms with Gasteiger partial charge in [0.1, 0.15) is 6.10 Å². The normalized spacial score (nSPS) is 34.2. The van der Waals surface area contributed by atoms with Crippen LogP contribution in [0.4, 0.5) is 0 Å². The summed E-state index contributed by atoms with van der Waals surface area (Å²) in [5.74, 6) is 0.889. The summed E-state index contributed by atoms with van der Waals surface area (Å²) in [6.45, 7) is 5.51. The topological polar surface area (TPSA) is 78.1 Å². The number of likely N-dealkylation sites (tertiary alicyclic amines) is 1. The lowest BCUT2D eigenvalue weighted by molar-refractivity contribution is -0.193. The molecular formula is C27H28N2O4. The van der Waals surface area contributed by atoms with Crippen LogP contribution >= 0.6 is 0 Å². The van der Waals surface area contributed by atoms with E-state index in [-0.39, 0.29) is 29.8 Å². The van der Waals surface area contributed by atoms with Crippen LogP contribution in [0.25, 0.3) is 10.8 Å². The van der Waals surface area contributed by atoms with E-state index >= 15 is 0 Å². The van der Waals surface area contributed by atoms with Crippen LogP contribution in [0.3, 0.4) is 0 Å². The molecule has 3 N–H and O–H groups in total. The summed E-state index contributed by atoms with van der Waals surface area (Å²) < 4.78 is 8.54. The third kappa shape index (κ3) is 2.16. The maximum atomic E-state index is 12.5. The lowest BCUT2D eigenvalue weighted by Gasteiger charge is -2.64. The van der Waals surface area contributed by atoms with Gasteiger partial charge in [-0.3, -0.25) is 4.90 Å². The summed E-state index contributed by atoms with van der Waals surface area (Å²) in [6.07, 6.45) is 6.29. The number of hydrogen-bond acceptors (Lipinski definition) is 5. The molecular weight excluding hydrogens is 416 g/mol. The van der Waals surface area contributed by atoms with Gasteiger partial charge >= 0.3 is 0 Å². The van der Waals surface area contributed by atoms with Gasteiger partial charge in [0.25, 0.3) is 0 Å². The zero-order chi connectivity index (χ0) is 22.5. The predicted octanol–water partition coefficient (Wildman–Crippen LogP) is 3.63. The highest BCUT2D eigenvalue weighted by Gasteiger charge is 2.73. The number of ether oxygens (including phenoxy) is 1. The van der Waals surface area contributed by atoms with Gasteiger partial charge in [-0.1, -0.05) is 30.3 Å². The maximum Gasteiger partial charge on any atom is 0.199 e. The van der Waals surface area contributed by atoms with E-state index < -0.39 is 11.0 Å². The second kappa shape index (κ2) is 6.33. The molecule has 1 saturated carbocycles. The largest absolute Gasteiger partial charge is 0.504 e. The molecule has 33 heavy (non-hydrogen) atoms. The molecule has 2 aromatic carbocycles. The minimum Gasteiger partial charge on any atom is -0.504 e. The average molecular weight is 445 g/mol. The van der Waals surface area contributed by atoms with Crippen molar-refractivity contribution >= 4 is 10.8 Å². The van der Waals surface area contributed by atoms with E-state index in [0.29, 0.717) is 18.6 Å². The Bertz CT molecular complexity index is 1310. The molecule has 2 aliphatic carbocycles. The number of fused-ring (bicyclic) bond motifs is 1. The summed E-state index contributed by atoms with van der Waals surface area (Å²) in [6, 6.07) is 11.4. The van der Waals surface area contributed by atoms with Gasteiger partial charge in [0, 0.05) is 35.1 Å². The highest BCUT2D eigenvalue weighted by Crippen LogP contribution is 2.67. The fourth-order valence-electron chi connectivity index (χ4n) is 7.69. The molecule has 5 atom stereocenters. The van der Waals surface area contributed by atoms with Crippen molar-refractivity contribution in [3.05, 3.63) is 66.4 Å². The number of aliphatic hydroxyl groups is 1. The van der Waals surface area contributed by atoms with Crippen LogP contribution in [0, 0.1) is 0 Å². The molecule has 4 aliphatic rings. The van der Waals surface area contributed by atoms with Gasteiger partial charge < -0.3 is 24.6 Å². The fraction of sp³-hybridized carbons (Fsp3) is 0.407. The minimum absolute atomic E-state index is 0.0309. The van der Waals surface area contributed by atoms with Gasteiger partial charge in [-0.15, -0.1) is 6.58 Å². The van der Waals surface area contributed by atoms with Gasteiger partial charge in [-0.05, 0) is 49.9 Å². The molecule has 1 spiro atoms. The van der Waals surface area contributed by atoms with E-state index in [0.717, 1.165) is 47.8 Å². The van der Waals surface area contributed by atoms with E-state index in [1.54, 1.807) is 6.07 Å². The average Bonchev–Trinajstić information content (AvgIpc) is 3.33. The van der Waals surface area contributed by atoms with Crippen molar-refractivity contribution in [2.24, 2.45) is 0 Å². The first kappa shape index (κ1) is 19.5. The molecule has 2 aliphatic heterocycles. The summed E-state index contributed by atoms with van der Waals surface area (Å²) >= 11 is 0. The van der Waals surface area contributed by atoms with Crippen LogP contribution in [-0.2, 0) is 11.8 Å². The molecule has 0 radical (unpaired) electrons. The first-order chi connectivity index (χ1) is 16.0. The van der Waals surface area contributed by atoms with Crippen molar-refractivity contribution in [2.75, 3.05) is 13.1 Å². The number of benzene rings is 2. The van der Waals surface area contributed by atoms with Crippen LogP contribution in [0.15, 0.2) is 55.3 Å². The number of phenols is 1. The molecule has 170 valence electrons. The molecule has 6 nitrogen and oxygen atoms in total. The van der Waals surface area contributed by atoms with Crippen LogP contribution in [0.1, 0.15) is 36.4 Å².